The number of amides is 2. The Bertz CT molecular complexity index is 340. The van der Waals surface area contributed by atoms with Gasteiger partial charge in [0.25, 0.3) is 0 Å². The van der Waals surface area contributed by atoms with Crippen molar-refractivity contribution in [2.75, 3.05) is 24.7 Å². The van der Waals surface area contributed by atoms with Gasteiger partial charge in [0.1, 0.15) is 0 Å². The molecule has 1 N–H and O–H groups in total. The standard InChI is InChI=1S/C11H16N2OS2/c1-15-9-4-2-6-13(8-9)11(14)12-10-5-3-7-16-10/h3,5,7,9H,2,4,6,8H2,1H3,(H,12,14). The van der Waals surface area contributed by atoms with Crippen LogP contribution in [0.4, 0.5) is 9.80 Å². The molecule has 2 heterocycles. The lowest BCUT2D eigenvalue weighted by Gasteiger charge is -2.31. The van der Waals surface area contributed by atoms with Crippen molar-refractivity contribution in [2.45, 2.75) is 18.1 Å². The Hall–Kier alpha value is -0.680. The zero-order chi connectivity index (χ0) is 11.4. The molecule has 1 aliphatic rings. The number of hydrogen-bond donors (Lipinski definition) is 1. The first kappa shape index (κ1) is 11.8. The number of urea groups is 1. The molecule has 2 rings (SSSR count). The van der Waals surface area contributed by atoms with E-state index in [1.54, 1.807) is 11.3 Å². The van der Waals surface area contributed by atoms with Crippen LogP contribution in [-0.4, -0.2) is 35.5 Å². The van der Waals surface area contributed by atoms with Crippen LogP contribution in [0.3, 0.4) is 0 Å². The van der Waals surface area contributed by atoms with E-state index in [9.17, 15) is 4.79 Å². The van der Waals surface area contributed by atoms with E-state index >= 15 is 0 Å². The zero-order valence-electron chi connectivity index (χ0n) is 9.31. The minimum absolute atomic E-state index is 0.0428. The molecule has 3 nitrogen and oxygen atoms in total. The molecule has 1 saturated heterocycles. The van der Waals surface area contributed by atoms with Gasteiger partial charge in [0.2, 0.25) is 0 Å². The lowest BCUT2D eigenvalue weighted by Crippen LogP contribution is -2.43. The molecule has 0 aromatic carbocycles. The van der Waals surface area contributed by atoms with Crippen LogP contribution < -0.4 is 5.32 Å². The maximum absolute atomic E-state index is 11.9. The summed E-state index contributed by atoms with van der Waals surface area (Å²) in [6, 6.07) is 3.92. The van der Waals surface area contributed by atoms with Crippen molar-refractivity contribution in [1.82, 2.24) is 4.90 Å². The third-order valence-corrected chi connectivity index (χ3v) is 4.59. The second-order valence-corrected chi connectivity index (χ2v) is 5.94. The van der Waals surface area contributed by atoms with E-state index in [2.05, 4.69) is 11.6 Å². The van der Waals surface area contributed by atoms with Gasteiger partial charge < -0.3 is 4.90 Å². The Morgan fingerprint density at radius 2 is 2.56 bits per heavy atom. The highest BCUT2D eigenvalue weighted by Crippen LogP contribution is 2.21. The fraction of sp³-hybridized carbons (Fsp3) is 0.545. The van der Waals surface area contributed by atoms with Crippen LogP contribution in [0, 0.1) is 0 Å². The maximum Gasteiger partial charge on any atom is 0.322 e. The molecule has 0 spiro atoms. The lowest BCUT2D eigenvalue weighted by molar-refractivity contribution is 0.202. The van der Waals surface area contributed by atoms with Crippen LogP contribution in [0.5, 0.6) is 0 Å². The molecule has 88 valence electrons. The Balaban J connectivity index is 1.89. The average molecular weight is 256 g/mol. The van der Waals surface area contributed by atoms with Gasteiger partial charge >= 0.3 is 6.03 Å². The van der Waals surface area contributed by atoms with Gasteiger partial charge in [-0.3, -0.25) is 5.32 Å². The highest BCUT2D eigenvalue weighted by atomic mass is 32.2. The summed E-state index contributed by atoms with van der Waals surface area (Å²) in [5.41, 5.74) is 0. The quantitative estimate of drug-likeness (QED) is 0.882. The minimum Gasteiger partial charge on any atom is -0.323 e. The molecular formula is C11H16N2OS2. The Labute approximate surface area is 104 Å². The number of thiophene rings is 1. The predicted molar refractivity (Wildman–Crippen MR) is 71.4 cm³/mol. The van der Waals surface area contributed by atoms with Gasteiger partial charge in [-0.05, 0) is 36.6 Å². The van der Waals surface area contributed by atoms with Crippen LogP contribution in [-0.2, 0) is 0 Å². The molecule has 1 aromatic heterocycles. The normalized spacial score (nSPS) is 20.8. The van der Waals surface area contributed by atoms with E-state index in [0.29, 0.717) is 5.25 Å². The third-order valence-electron chi connectivity index (χ3n) is 2.75. The first-order chi connectivity index (χ1) is 7.79. The van der Waals surface area contributed by atoms with Gasteiger partial charge in [-0.15, -0.1) is 11.3 Å². The van der Waals surface area contributed by atoms with Crippen molar-refractivity contribution in [2.24, 2.45) is 0 Å². The van der Waals surface area contributed by atoms with Crippen molar-refractivity contribution < 1.29 is 4.79 Å². The summed E-state index contributed by atoms with van der Waals surface area (Å²) < 4.78 is 0. The summed E-state index contributed by atoms with van der Waals surface area (Å²) in [4.78, 5) is 13.9. The molecule has 1 fully saturated rings. The molecule has 5 heteroatoms. The molecule has 1 atom stereocenters. The van der Waals surface area contributed by atoms with Gasteiger partial charge in [0, 0.05) is 18.3 Å². The fourth-order valence-electron chi connectivity index (χ4n) is 1.85. The second-order valence-electron chi connectivity index (χ2n) is 3.85. The number of carbonyl (C=O) groups is 1. The van der Waals surface area contributed by atoms with E-state index in [1.807, 2.05) is 34.2 Å². The number of thioether (sulfide) groups is 1. The molecule has 0 aliphatic carbocycles. The molecular weight excluding hydrogens is 240 g/mol. The van der Waals surface area contributed by atoms with Crippen LogP contribution >= 0.6 is 23.1 Å². The van der Waals surface area contributed by atoms with Gasteiger partial charge in [-0.1, -0.05) is 0 Å². The lowest BCUT2D eigenvalue weighted by atomic mass is 10.1. The SMILES string of the molecule is CSC1CCCN(C(=O)Nc2cccs2)C1. The highest BCUT2D eigenvalue weighted by Gasteiger charge is 2.22. The molecule has 0 radical (unpaired) electrons. The summed E-state index contributed by atoms with van der Waals surface area (Å²) >= 11 is 3.41. The van der Waals surface area contributed by atoms with E-state index in [4.69, 9.17) is 0 Å². The number of rotatable bonds is 2. The molecule has 16 heavy (non-hydrogen) atoms. The van der Waals surface area contributed by atoms with E-state index in [0.717, 1.165) is 24.5 Å². The fourth-order valence-corrected chi connectivity index (χ4v) is 3.19. The molecule has 2 amide bonds. The third kappa shape index (κ3) is 2.92. The summed E-state index contributed by atoms with van der Waals surface area (Å²) in [5, 5.41) is 6.43. The number of nitrogens with one attached hydrogen (secondary N) is 1. The van der Waals surface area contributed by atoms with Crippen LogP contribution in [0.25, 0.3) is 0 Å². The van der Waals surface area contributed by atoms with E-state index in [-0.39, 0.29) is 6.03 Å². The van der Waals surface area contributed by atoms with Crippen LogP contribution in [0.15, 0.2) is 17.5 Å². The van der Waals surface area contributed by atoms with E-state index < -0.39 is 0 Å². The Morgan fingerprint density at radius 1 is 1.69 bits per heavy atom. The smallest absolute Gasteiger partial charge is 0.322 e. The zero-order valence-corrected chi connectivity index (χ0v) is 10.9. The maximum atomic E-state index is 11.9. The topological polar surface area (TPSA) is 32.3 Å². The van der Waals surface area contributed by atoms with Gasteiger partial charge in [-0.2, -0.15) is 11.8 Å². The monoisotopic (exact) mass is 256 g/mol. The second kappa shape index (κ2) is 5.59. The molecule has 0 bridgehead atoms. The number of carbonyl (C=O) groups excluding carboxylic acids is 1. The van der Waals surface area contributed by atoms with Crippen molar-refractivity contribution in [3.63, 3.8) is 0 Å². The van der Waals surface area contributed by atoms with Crippen molar-refractivity contribution in [3.05, 3.63) is 17.5 Å². The largest absolute Gasteiger partial charge is 0.323 e. The molecule has 1 aromatic rings. The number of piperidine rings is 1. The molecule has 0 saturated carbocycles. The Kier molecular flexibility index (Phi) is 4.12. The first-order valence-corrected chi connectivity index (χ1v) is 7.58. The highest BCUT2D eigenvalue weighted by molar-refractivity contribution is 7.99. The van der Waals surface area contributed by atoms with Gasteiger partial charge in [0.15, 0.2) is 0 Å². The van der Waals surface area contributed by atoms with Crippen molar-refractivity contribution in [3.8, 4) is 0 Å². The molecule has 1 aliphatic heterocycles. The summed E-state index contributed by atoms with van der Waals surface area (Å²) in [6.07, 6.45) is 4.46. The average Bonchev–Trinajstić information content (AvgIpc) is 2.82. The number of anilines is 1. The summed E-state index contributed by atoms with van der Waals surface area (Å²) in [5.74, 6) is 0. The van der Waals surface area contributed by atoms with Gasteiger partial charge in [0.05, 0.1) is 5.00 Å². The van der Waals surface area contributed by atoms with Crippen LogP contribution in [0.1, 0.15) is 12.8 Å². The number of likely N-dealkylation sites (tertiary alicyclic amines) is 1. The van der Waals surface area contributed by atoms with E-state index in [1.165, 1.54) is 6.42 Å². The van der Waals surface area contributed by atoms with Gasteiger partial charge in [-0.25, -0.2) is 4.79 Å². The van der Waals surface area contributed by atoms with Crippen molar-refractivity contribution >= 4 is 34.1 Å². The van der Waals surface area contributed by atoms with Crippen LogP contribution in [0.2, 0.25) is 0 Å². The van der Waals surface area contributed by atoms with Crippen molar-refractivity contribution in [1.29, 1.82) is 0 Å². The minimum atomic E-state index is 0.0428. The first-order valence-electron chi connectivity index (χ1n) is 5.42. The summed E-state index contributed by atoms with van der Waals surface area (Å²) in [6.45, 7) is 1.76. The molecule has 1 unspecified atom stereocenters. The predicted octanol–water partition coefficient (Wildman–Crippen LogP) is 3.11. The number of nitrogens with zero attached hydrogens (tertiary/aromatic N) is 1. The Morgan fingerprint density at radius 3 is 3.25 bits per heavy atom. The number of hydrogen-bond acceptors (Lipinski definition) is 3. The summed E-state index contributed by atoms with van der Waals surface area (Å²) in [7, 11) is 0.